The molecular formula is C5H9O2. The number of Topliss-reactive ketones (excluding diaryl/α,β-unsaturated/α-hetero) is 1. The van der Waals surface area contributed by atoms with Gasteiger partial charge in [-0.15, -0.1) is 0 Å². The summed E-state index contributed by atoms with van der Waals surface area (Å²) in [4.78, 5) is 10.2. The SMILES string of the molecule is [CH2]OC(C)C(C)=O. The van der Waals surface area contributed by atoms with Gasteiger partial charge in [-0.3, -0.25) is 4.79 Å². The van der Waals surface area contributed by atoms with Crippen molar-refractivity contribution in [1.82, 2.24) is 0 Å². The van der Waals surface area contributed by atoms with Gasteiger partial charge in [0.2, 0.25) is 0 Å². The summed E-state index contributed by atoms with van der Waals surface area (Å²) < 4.78 is 4.41. The van der Waals surface area contributed by atoms with E-state index >= 15 is 0 Å². The quantitative estimate of drug-likeness (QED) is 0.513. The molecule has 0 aromatic rings. The highest BCUT2D eigenvalue weighted by atomic mass is 16.5. The first-order valence-electron chi connectivity index (χ1n) is 2.09. The van der Waals surface area contributed by atoms with Crippen LogP contribution >= 0.6 is 0 Å². The van der Waals surface area contributed by atoms with Crippen LogP contribution in [0.3, 0.4) is 0 Å². The average molecular weight is 101 g/mol. The fourth-order valence-electron chi connectivity index (χ4n) is 0.117. The van der Waals surface area contributed by atoms with Crippen LogP contribution in [0, 0.1) is 7.11 Å². The third-order valence-corrected chi connectivity index (χ3v) is 0.822. The Morgan fingerprint density at radius 3 is 2.29 bits per heavy atom. The first kappa shape index (κ1) is 6.63. The maximum Gasteiger partial charge on any atom is 0.158 e. The Morgan fingerprint density at radius 2 is 2.29 bits per heavy atom. The molecule has 0 aliphatic rings. The first-order chi connectivity index (χ1) is 3.18. The zero-order valence-corrected chi connectivity index (χ0v) is 4.60. The Labute approximate surface area is 43.5 Å². The van der Waals surface area contributed by atoms with Crippen molar-refractivity contribution in [1.29, 1.82) is 0 Å². The number of carbonyl (C=O) groups is 1. The predicted octanol–water partition coefficient (Wildman–Crippen LogP) is 0.772. The van der Waals surface area contributed by atoms with Gasteiger partial charge in [0.25, 0.3) is 0 Å². The Morgan fingerprint density at radius 1 is 1.86 bits per heavy atom. The average Bonchev–Trinajstić information content (AvgIpc) is 1.65. The molecule has 0 spiro atoms. The van der Waals surface area contributed by atoms with Crippen molar-refractivity contribution in [3.05, 3.63) is 7.11 Å². The molecule has 0 saturated carbocycles. The molecule has 1 radical (unpaired) electrons. The Hall–Kier alpha value is -0.370. The van der Waals surface area contributed by atoms with Gasteiger partial charge in [0.15, 0.2) is 5.78 Å². The number of ether oxygens (including phenoxy) is 1. The molecule has 2 nitrogen and oxygen atoms in total. The van der Waals surface area contributed by atoms with E-state index in [1.807, 2.05) is 0 Å². The van der Waals surface area contributed by atoms with E-state index in [9.17, 15) is 4.79 Å². The van der Waals surface area contributed by atoms with Crippen LogP contribution in [0.4, 0.5) is 0 Å². The summed E-state index contributed by atoms with van der Waals surface area (Å²) in [7, 11) is 3.09. The second-order valence-corrected chi connectivity index (χ2v) is 1.42. The number of rotatable bonds is 2. The summed E-state index contributed by atoms with van der Waals surface area (Å²) in [5.74, 6) is 0.00926. The minimum atomic E-state index is -0.347. The van der Waals surface area contributed by atoms with Crippen LogP contribution < -0.4 is 0 Å². The number of hydrogen-bond acceptors (Lipinski definition) is 2. The van der Waals surface area contributed by atoms with Gasteiger partial charge in [-0.05, 0) is 13.8 Å². The van der Waals surface area contributed by atoms with E-state index in [2.05, 4.69) is 11.8 Å². The molecule has 0 aliphatic heterocycles. The predicted molar refractivity (Wildman–Crippen MR) is 26.6 cm³/mol. The summed E-state index contributed by atoms with van der Waals surface area (Å²) in [6.45, 7) is 3.13. The van der Waals surface area contributed by atoms with Crippen molar-refractivity contribution < 1.29 is 9.53 Å². The van der Waals surface area contributed by atoms with Gasteiger partial charge >= 0.3 is 0 Å². The second-order valence-electron chi connectivity index (χ2n) is 1.42. The highest BCUT2D eigenvalue weighted by molar-refractivity contribution is 5.79. The first-order valence-corrected chi connectivity index (χ1v) is 2.09. The summed E-state index contributed by atoms with van der Waals surface area (Å²) in [6.07, 6.45) is -0.347. The van der Waals surface area contributed by atoms with Crippen molar-refractivity contribution >= 4 is 5.78 Å². The maximum atomic E-state index is 10.2. The smallest absolute Gasteiger partial charge is 0.158 e. The normalized spacial score (nSPS) is 13.6. The minimum absolute atomic E-state index is 0.00926. The second kappa shape index (κ2) is 2.75. The number of hydrogen-bond donors (Lipinski definition) is 0. The van der Waals surface area contributed by atoms with Gasteiger partial charge in [-0.2, -0.15) is 0 Å². The standard InChI is InChI=1S/C5H9O2/c1-4(6)5(2)7-3/h5H,3H2,1-2H3. The molecule has 0 rings (SSSR count). The molecule has 1 unspecified atom stereocenters. The topological polar surface area (TPSA) is 26.3 Å². The van der Waals surface area contributed by atoms with E-state index in [0.29, 0.717) is 0 Å². The lowest BCUT2D eigenvalue weighted by molar-refractivity contribution is -0.124. The van der Waals surface area contributed by atoms with Crippen LogP contribution in [0.25, 0.3) is 0 Å². The highest BCUT2D eigenvalue weighted by Gasteiger charge is 2.02. The van der Waals surface area contributed by atoms with Gasteiger partial charge in [-0.1, -0.05) is 0 Å². The third-order valence-electron chi connectivity index (χ3n) is 0.822. The van der Waals surface area contributed by atoms with Gasteiger partial charge in [-0.25, -0.2) is 0 Å². The zero-order valence-electron chi connectivity index (χ0n) is 4.60. The van der Waals surface area contributed by atoms with Crippen molar-refractivity contribution in [3.63, 3.8) is 0 Å². The summed E-state index contributed by atoms with van der Waals surface area (Å²) in [5.41, 5.74) is 0. The number of carbonyl (C=O) groups excluding carboxylic acids is 1. The van der Waals surface area contributed by atoms with E-state index in [1.54, 1.807) is 6.92 Å². The van der Waals surface area contributed by atoms with Gasteiger partial charge in [0.05, 0.1) is 7.11 Å². The molecular weight excluding hydrogens is 92.1 g/mol. The van der Waals surface area contributed by atoms with Crippen molar-refractivity contribution in [2.75, 3.05) is 0 Å². The van der Waals surface area contributed by atoms with Crippen LogP contribution in [-0.4, -0.2) is 11.9 Å². The van der Waals surface area contributed by atoms with Crippen molar-refractivity contribution in [2.45, 2.75) is 20.0 Å². The van der Waals surface area contributed by atoms with Crippen LogP contribution in [-0.2, 0) is 9.53 Å². The lowest BCUT2D eigenvalue weighted by Gasteiger charge is -2.00. The maximum absolute atomic E-state index is 10.2. The largest absolute Gasteiger partial charge is 0.368 e. The fraction of sp³-hybridized carbons (Fsp3) is 0.600. The third kappa shape index (κ3) is 2.34. The van der Waals surface area contributed by atoms with Crippen LogP contribution in [0.2, 0.25) is 0 Å². The molecule has 0 aliphatic carbocycles. The Balaban J connectivity index is 3.34. The molecule has 0 aromatic heterocycles. The molecule has 7 heavy (non-hydrogen) atoms. The lowest BCUT2D eigenvalue weighted by Crippen LogP contribution is -2.13. The minimum Gasteiger partial charge on any atom is -0.368 e. The fourth-order valence-corrected chi connectivity index (χ4v) is 0.117. The van der Waals surface area contributed by atoms with E-state index in [0.717, 1.165) is 0 Å². The van der Waals surface area contributed by atoms with E-state index in [-0.39, 0.29) is 11.9 Å². The van der Waals surface area contributed by atoms with Gasteiger partial charge < -0.3 is 4.74 Å². The molecule has 0 amide bonds. The van der Waals surface area contributed by atoms with Gasteiger partial charge in [0.1, 0.15) is 6.10 Å². The Bertz CT molecular complexity index is 68.5. The van der Waals surface area contributed by atoms with Crippen LogP contribution in [0.5, 0.6) is 0 Å². The van der Waals surface area contributed by atoms with E-state index in [4.69, 9.17) is 0 Å². The van der Waals surface area contributed by atoms with Crippen LogP contribution in [0.15, 0.2) is 0 Å². The van der Waals surface area contributed by atoms with Crippen molar-refractivity contribution in [3.8, 4) is 0 Å². The molecule has 0 aromatic carbocycles. The number of ketones is 1. The molecule has 41 valence electrons. The van der Waals surface area contributed by atoms with Crippen molar-refractivity contribution in [2.24, 2.45) is 0 Å². The molecule has 0 bridgehead atoms. The molecule has 2 heteroatoms. The van der Waals surface area contributed by atoms with E-state index < -0.39 is 0 Å². The highest BCUT2D eigenvalue weighted by Crippen LogP contribution is 1.87. The summed E-state index contributed by atoms with van der Waals surface area (Å²) >= 11 is 0. The summed E-state index contributed by atoms with van der Waals surface area (Å²) in [5, 5.41) is 0. The molecule has 0 fully saturated rings. The zero-order chi connectivity index (χ0) is 5.86. The lowest BCUT2D eigenvalue weighted by atomic mass is 10.3. The summed E-state index contributed by atoms with van der Waals surface area (Å²) in [6, 6.07) is 0. The van der Waals surface area contributed by atoms with E-state index in [1.165, 1.54) is 6.92 Å². The molecule has 0 heterocycles. The van der Waals surface area contributed by atoms with Crippen LogP contribution in [0.1, 0.15) is 13.8 Å². The molecule has 0 N–H and O–H groups in total. The van der Waals surface area contributed by atoms with Gasteiger partial charge in [0, 0.05) is 0 Å². The molecule has 1 atom stereocenters. The Kier molecular flexibility index (Phi) is 2.60. The molecule has 0 saturated heterocycles. The monoisotopic (exact) mass is 101 g/mol.